The van der Waals surface area contributed by atoms with Crippen molar-refractivity contribution in [3.63, 3.8) is 0 Å². The summed E-state index contributed by atoms with van der Waals surface area (Å²) in [4.78, 5) is 15.5. The second-order valence-electron chi connectivity index (χ2n) is 5.31. The van der Waals surface area contributed by atoms with Crippen LogP contribution in [0, 0.1) is 0 Å². The lowest BCUT2D eigenvalue weighted by molar-refractivity contribution is 0.101. The van der Waals surface area contributed by atoms with Gasteiger partial charge >= 0.3 is 0 Å². The van der Waals surface area contributed by atoms with E-state index in [9.17, 15) is 4.79 Å². The number of allylic oxidation sites excluding steroid dienone is 3. The molecule has 25 heavy (non-hydrogen) atoms. The highest BCUT2D eigenvalue weighted by molar-refractivity contribution is 6.30. The van der Waals surface area contributed by atoms with Crippen molar-refractivity contribution in [1.82, 2.24) is 5.32 Å². The summed E-state index contributed by atoms with van der Waals surface area (Å²) in [6.07, 6.45) is 3.59. The fourth-order valence-corrected chi connectivity index (χ4v) is 2.06. The molecule has 0 saturated carbocycles. The molecule has 1 N–H and O–H groups in total. The van der Waals surface area contributed by atoms with Crippen molar-refractivity contribution in [2.45, 2.75) is 20.8 Å². The van der Waals surface area contributed by atoms with E-state index in [2.05, 4.69) is 16.9 Å². The summed E-state index contributed by atoms with van der Waals surface area (Å²) >= 11 is 5.54. The van der Waals surface area contributed by atoms with E-state index in [0.717, 1.165) is 22.2 Å². The van der Waals surface area contributed by atoms with Crippen LogP contribution in [-0.4, -0.2) is 11.6 Å². The molecular formula is C21H23ClN2O. The van der Waals surface area contributed by atoms with Gasteiger partial charge in [-0.3, -0.25) is 4.79 Å². The van der Waals surface area contributed by atoms with Gasteiger partial charge in [-0.25, -0.2) is 4.99 Å². The van der Waals surface area contributed by atoms with Gasteiger partial charge in [0.2, 0.25) is 0 Å². The van der Waals surface area contributed by atoms with Gasteiger partial charge in [-0.2, -0.15) is 0 Å². The number of nitrogens with zero attached hydrogens (tertiary/aromatic N) is 1. The zero-order chi connectivity index (χ0) is 18.7. The van der Waals surface area contributed by atoms with Crippen molar-refractivity contribution >= 4 is 28.9 Å². The number of hydrogen-bond donors (Lipinski definition) is 1. The first-order valence-corrected chi connectivity index (χ1v) is 8.23. The first kappa shape index (κ1) is 20.4. The topological polar surface area (TPSA) is 41.5 Å². The van der Waals surface area contributed by atoms with Crippen LogP contribution >= 0.6 is 11.6 Å². The molecule has 0 unspecified atom stereocenters. The number of benzene rings is 2. The van der Waals surface area contributed by atoms with E-state index >= 15 is 0 Å². The number of Topliss-reactive ketones (excluding diaryl/α,β-unsaturated/α-hetero) is 1. The third-order valence-corrected chi connectivity index (χ3v) is 3.30. The van der Waals surface area contributed by atoms with Crippen LogP contribution < -0.4 is 5.32 Å². The molecule has 0 saturated heterocycles. The molecule has 0 spiro atoms. The second-order valence-corrected chi connectivity index (χ2v) is 5.74. The molecule has 2 aromatic carbocycles. The van der Waals surface area contributed by atoms with Crippen molar-refractivity contribution < 1.29 is 4.79 Å². The number of ketones is 1. The van der Waals surface area contributed by atoms with Gasteiger partial charge in [-0.05, 0) is 63.2 Å². The number of amidine groups is 1. The molecule has 130 valence electrons. The quantitative estimate of drug-likeness (QED) is 0.318. The Bertz CT molecular complexity index is 747. The third kappa shape index (κ3) is 8.68. The maximum absolute atomic E-state index is 11.1. The molecule has 4 heteroatoms. The molecule has 0 heterocycles. The molecule has 0 aliphatic heterocycles. The first-order chi connectivity index (χ1) is 11.9. The zero-order valence-corrected chi connectivity index (χ0v) is 15.5. The van der Waals surface area contributed by atoms with Gasteiger partial charge in [0.15, 0.2) is 5.78 Å². The van der Waals surface area contributed by atoms with Crippen LogP contribution in [0.15, 0.2) is 84.0 Å². The van der Waals surface area contributed by atoms with E-state index < -0.39 is 0 Å². The highest BCUT2D eigenvalue weighted by Crippen LogP contribution is 2.13. The van der Waals surface area contributed by atoms with E-state index in [-0.39, 0.29) is 5.78 Å². The van der Waals surface area contributed by atoms with Crippen LogP contribution in [0.25, 0.3) is 0 Å². The van der Waals surface area contributed by atoms with Crippen LogP contribution in [0.4, 0.5) is 5.69 Å². The molecule has 2 aromatic rings. The lowest BCUT2D eigenvalue weighted by Gasteiger charge is -2.05. The van der Waals surface area contributed by atoms with Gasteiger partial charge < -0.3 is 5.32 Å². The summed E-state index contributed by atoms with van der Waals surface area (Å²) in [5, 5.41) is 3.93. The minimum Gasteiger partial charge on any atom is -0.348 e. The van der Waals surface area contributed by atoms with E-state index in [0.29, 0.717) is 5.56 Å². The first-order valence-electron chi connectivity index (χ1n) is 7.85. The second kappa shape index (κ2) is 11.0. The molecule has 3 nitrogen and oxygen atoms in total. The minimum atomic E-state index is 0.0603. The number of carbonyl (C=O) groups excluding carboxylic acids is 1. The van der Waals surface area contributed by atoms with E-state index in [1.807, 2.05) is 62.4 Å². The summed E-state index contributed by atoms with van der Waals surface area (Å²) in [5.41, 5.74) is 2.49. The summed E-state index contributed by atoms with van der Waals surface area (Å²) < 4.78 is 0. The van der Waals surface area contributed by atoms with Crippen molar-refractivity contribution in [2.75, 3.05) is 0 Å². The van der Waals surface area contributed by atoms with Gasteiger partial charge in [-0.1, -0.05) is 42.5 Å². The molecule has 2 rings (SSSR count). The highest BCUT2D eigenvalue weighted by atomic mass is 35.5. The Hall–Kier alpha value is -2.65. The smallest absolute Gasteiger partial charge is 0.159 e. The number of rotatable bonds is 4. The van der Waals surface area contributed by atoms with Crippen molar-refractivity contribution in [2.24, 2.45) is 4.99 Å². The number of nitrogens with one attached hydrogen (secondary N) is 1. The van der Waals surface area contributed by atoms with Gasteiger partial charge in [0.1, 0.15) is 5.84 Å². The van der Waals surface area contributed by atoms with Crippen LogP contribution in [0.2, 0.25) is 5.02 Å². The predicted molar refractivity (Wildman–Crippen MR) is 108 cm³/mol. The summed E-state index contributed by atoms with van der Waals surface area (Å²) in [6.45, 7) is 9.01. The number of hydrogen-bond acceptors (Lipinski definition) is 2. The highest BCUT2D eigenvalue weighted by Gasteiger charge is 1.98. The van der Waals surface area contributed by atoms with Crippen LogP contribution in [-0.2, 0) is 0 Å². The van der Waals surface area contributed by atoms with Crippen LogP contribution in [0.1, 0.15) is 31.1 Å². The van der Waals surface area contributed by atoms with E-state index in [4.69, 9.17) is 11.6 Å². The summed E-state index contributed by atoms with van der Waals surface area (Å²) in [7, 11) is 0. The monoisotopic (exact) mass is 354 g/mol. The van der Waals surface area contributed by atoms with Gasteiger partial charge in [0.05, 0.1) is 5.69 Å². The Morgan fingerprint density at radius 3 is 2.08 bits per heavy atom. The molecule has 0 aromatic heterocycles. The van der Waals surface area contributed by atoms with E-state index in [1.54, 1.807) is 25.1 Å². The standard InChI is InChI=1S/C15H18N2O.C6H5Cl/c1-5-6-11(2)16-13(4)17-15-9-7-14(8-10-15)12(3)18;7-6-4-2-1-3-5-6/h5-10H,1H2,2-4H3,(H,16,17);1-5H/b11-6-;. The zero-order valence-electron chi connectivity index (χ0n) is 14.8. The lowest BCUT2D eigenvalue weighted by Crippen LogP contribution is -2.17. The molecule has 0 aliphatic rings. The molecule has 0 fully saturated rings. The van der Waals surface area contributed by atoms with Gasteiger partial charge in [0, 0.05) is 16.3 Å². The van der Waals surface area contributed by atoms with Crippen molar-refractivity contribution in [1.29, 1.82) is 0 Å². The Kier molecular flexibility index (Phi) is 8.97. The molecule has 0 amide bonds. The normalized spacial score (nSPS) is 11.2. The maximum atomic E-state index is 11.1. The third-order valence-electron chi connectivity index (χ3n) is 3.05. The predicted octanol–water partition coefficient (Wildman–Crippen LogP) is 5.96. The summed E-state index contributed by atoms with van der Waals surface area (Å²) in [5.74, 6) is 0.853. The van der Waals surface area contributed by atoms with Crippen molar-refractivity contribution in [3.05, 3.63) is 89.6 Å². The molecular weight excluding hydrogens is 332 g/mol. The summed E-state index contributed by atoms with van der Waals surface area (Å²) in [6, 6.07) is 16.7. The van der Waals surface area contributed by atoms with Crippen LogP contribution in [0.5, 0.6) is 0 Å². The molecule has 0 bridgehead atoms. The minimum absolute atomic E-state index is 0.0603. The number of aliphatic imine (C=N–C) groups is 1. The lowest BCUT2D eigenvalue weighted by atomic mass is 10.1. The molecule has 0 atom stereocenters. The Morgan fingerprint density at radius 1 is 1.04 bits per heavy atom. The van der Waals surface area contributed by atoms with Crippen molar-refractivity contribution in [3.8, 4) is 0 Å². The Morgan fingerprint density at radius 2 is 1.64 bits per heavy atom. The SMILES string of the molecule is C=C/C=C(/C)NC(C)=Nc1ccc(C(C)=O)cc1.Clc1ccccc1. The fraction of sp³-hybridized carbons (Fsp3) is 0.143. The molecule has 0 aliphatic carbocycles. The maximum Gasteiger partial charge on any atom is 0.159 e. The number of halogens is 1. The largest absolute Gasteiger partial charge is 0.348 e. The Labute approximate surface area is 154 Å². The Balaban J connectivity index is 0.000000370. The van der Waals surface area contributed by atoms with Gasteiger partial charge in [-0.15, -0.1) is 0 Å². The fourth-order valence-electron chi connectivity index (χ4n) is 1.91. The average molecular weight is 355 g/mol. The molecule has 0 radical (unpaired) electrons. The average Bonchev–Trinajstić information content (AvgIpc) is 2.56. The number of carbonyl (C=O) groups is 1. The van der Waals surface area contributed by atoms with Gasteiger partial charge in [0.25, 0.3) is 0 Å². The van der Waals surface area contributed by atoms with E-state index in [1.165, 1.54) is 0 Å². The van der Waals surface area contributed by atoms with Crippen LogP contribution in [0.3, 0.4) is 0 Å².